The minimum Gasteiger partial charge on any atom is -0.466 e. The zero-order chi connectivity index (χ0) is 24.5. The van der Waals surface area contributed by atoms with Crippen molar-refractivity contribution in [1.29, 1.82) is 0 Å². The normalized spacial score (nSPS) is 19.4. The Balaban J connectivity index is 1.53. The molecule has 1 aromatic carbocycles. The molecule has 34 heavy (non-hydrogen) atoms. The summed E-state index contributed by atoms with van der Waals surface area (Å²) >= 11 is 1.28. The number of esters is 1. The Bertz CT molecular complexity index is 1300. The van der Waals surface area contributed by atoms with Gasteiger partial charge in [-0.15, -0.1) is 11.3 Å². The summed E-state index contributed by atoms with van der Waals surface area (Å²) in [5.41, 5.74) is -1.18. The van der Waals surface area contributed by atoms with Crippen LogP contribution in [0.3, 0.4) is 0 Å². The highest BCUT2D eigenvalue weighted by Gasteiger charge is 2.38. The fourth-order valence-electron chi connectivity index (χ4n) is 4.48. The second-order valence-electron chi connectivity index (χ2n) is 8.23. The zero-order valence-electron chi connectivity index (χ0n) is 18.4. The standard InChI is InChI=1S/C23H24F3N3O4S/c1-2-33-21(31)18-13-28(8-6-16(18)14-4-3-5-15(12-14)23(24,25)26)9-10-29-20(30)17-7-11-34-19(17)27-22(29)32/h3-5,7,11-12,16,18H,2,6,8-10,13H2,1H3,(H,27,32)/t16-,18-/m1/s1. The van der Waals surface area contributed by atoms with Crippen molar-refractivity contribution in [3.05, 3.63) is 67.7 Å². The summed E-state index contributed by atoms with van der Waals surface area (Å²) < 4.78 is 46.0. The van der Waals surface area contributed by atoms with Crippen molar-refractivity contribution in [2.45, 2.75) is 32.0 Å². The van der Waals surface area contributed by atoms with Crippen molar-refractivity contribution >= 4 is 27.5 Å². The maximum Gasteiger partial charge on any atom is 0.416 e. The summed E-state index contributed by atoms with van der Waals surface area (Å²) in [7, 11) is 0. The van der Waals surface area contributed by atoms with Gasteiger partial charge in [0.2, 0.25) is 0 Å². The fraction of sp³-hybridized carbons (Fsp3) is 0.435. The number of rotatable bonds is 6. The third-order valence-electron chi connectivity index (χ3n) is 6.17. The Labute approximate surface area is 196 Å². The molecule has 3 heterocycles. The number of aromatic nitrogens is 2. The quantitative estimate of drug-likeness (QED) is 0.530. The predicted octanol–water partition coefficient (Wildman–Crippen LogP) is 3.44. The number of halogens is 3. The minimum absolute atomic E-state index is 0.129. The molecular formula is C23H24F3N3O4S. The Kier molecular flexibility index (Phi) is 6.94. The van der Waals surface area contributed by atoms with Crippen LogP contribution in [0.4, 0.5) is 13.2 Å². The number of aromatic amines is 1. The van der Waals surface area contributed by atoms with Gasteiger partial charge < -0.3 is 9.64 Å². The molecule has 1 N–H and O–H groups in total. The third-order valence-corrected chi connectivity index (χ3v) is 7.00. The highest BCUT2D eigenvalue weighted by atomic mass is 32.1. The number of likely N-dealkylation sites (tertiary alicyclic amines) is 1. The van der Waals surface area contributed by atoms with E-state index in [1.165, 1.54) is 17.4 Å². The van der Waals surface area contributed by atoms with Crippen molar-refractivity contribution in [3.63, 3.8) is 0 Å². The lowest BCUT2D eigenvalue weighted by molar-refractivity contribution is -0.150. The Morgan fingerprint density at radius 1 is 1.24 bits per heavy atom. The van der Waals surface area contributed by atoms with Gasteiger partial charge in [0.15, 0.2) is 0 Å². The molecule has 1 fully saturated rings. The van der Waals surface area contributed by atoms with E-state index in [9.17, 15) is 27.6 Å². The largest absolute Gasteiger partial charge is 0.466 e. The van der Waals surface area contributed by atoms with Crippen molar-refractivity contribution in [1.82, 2.24) is 14.5 Å². The molecule has 1 aliphatic heterocycles. The summed E-state index contributed by atoms with van der Waals surface area (Å²) in [6, 6.07) is 6.73. The van der Waals surface area contributed by atoms with Crippen molar-refractivity contribution in [2.75, 3.05) is 26.2 Å². The zero-order valence-corrected chi connectivity index (χ0v) is 19.2. The molecule has 0 spiro atoms. The molecule has 1 aliphatic rings. The molecule has 182 valence electrons. The number of alkyl halides is 3. The van der Waals surface area contributed by atoms with Gasteiger partial charge in [-0.3, -0.25) is 19.1 Å². The van der Waals surface area contributed by atoms with Gasteiger partial charge in [0.1, 0.15) is 4.83 Å². The lowest BCUT2D eigenvalue weighted by Gasteiger charge is -2.37. The van der Waals surface area contributed by atoms with Crippen molar-refractivity contribution < 1.29 is 22.7 Å². The Hall–Kier alpha value is -2.92. The molecule has 2 aromatic heterocycles. The van der Waals surface area contributed by atoms with Crippen LogP contribution in [0, 0.1) is 5.92 Å². The maximum atomic E-state index is 13.2. The first-order valence-corrected chi connectivity index (χ1v) is 11.8. The van der Waals surface area contributed by atoms with E-state index in [0.29, 0.717) is 35.3 Å². The molecule has 4 rings (SSSR count). The number of ether oxygens (including phenoxy) is 1. The number of carbonyl (C=O) groups excluding carboxylic acids is 1. The molecule has 0 amide bonds. The summed E-state index contributed by atoms with van der Waals surface area (Å²) in [5.74, 6) is -1.55. The predicted molar refractivity (Wildman–Crippen MR) is 122 cm³/mol. The summed E-state index contributed by atoms with van der Waals surface area (Å²) in [5, 5.41) is 2.17. The molecule has 1 saturated heterocycles. The van der Waals surface area contributed by atoms with E-state index in [4.69, 9.17) is 4.74 Å². The van der Waals surface area contributed by atoms with Crippen LogP contribution in [-0.2, 0) is 22.3 Å². The number of hydrogen-bond donors (Lipinski definition) is 1. The van der Waals surface area contributed by atoms with Gasteiger partial charge in [0.25, 0.3) is 5.56 Å². The minimum atomic E-state index is -4.47. The van der Waals surface area contributed by atoms with Crippen LogP contribution in [0.15, 0.2) is 45.3 Å². The SMILES string of the molecule is CCOC(=O)[C@@H]1CN(CCn2c(=O)[nH]c3sccc3c2=O)CC[C@@H]1c1cccc(C(F)(F)F)c1. The number of carbonyl (C=O) groups is 1. The van der Waals surface area contributed by atoms with E-state index in [-0.39, 0.29) is 25.3 Å². The van der Waals surface area contributed by atoms with Crippen LogP contribution >= 0.6 is 11.3 Å². The Morgan fingerprint density at radius 3 is 2.76 bits per heavy atom. The van der Waals surface area contributed by atoms with Gasteiger partial charge in [-0.25, -0.2) is 4.79 Å². The van der Waals surface area contributed by atoms with Gasteiger partial charge >= 0.3 is 17.8 Å². The average Bonchev–Trinajstić information content (AvgIpc) is 3.27. The van der Waals surface area contributed by atoms with Gasteiger partial charge in [-0.1, -0.05) is 18.2 Å². The third kappa shape index (κ3) is 4.95. The number of nitrogens with one attached hydrogen (secondary N) is 1. The second kappa shape index (κ2) is 9.75. The summed E-state index contributed by atoms with van der Waals surface area (Å²) in [4.78, 5) is 42.9. The lowest BCUT2D eigenvalue weighted by atomic mass is 9.80. The van der Waals surface area contributed by atoms with Crippen LogP contribution in [-0.4, -0.2) is 46.7 Å². The highest BCUT2D eigenvalue weighted by molar-refractivity contribution is 7.16. The van der Waals surface area contributed by atoms with Gasteiger partial charge in [0, 0.05) is 19.6 Å². The van der Waals surface area contributed by atoms with Crippen molar-refractivity contribution in [2.24, 2.45) is 5.92 Å². The van der Waals surface area contributed by atoms with Crippen LogP contribution in [0.1, 0.15) is 30.4 Å². The molecule has 0 aliphatic carbocycles. The van der Waals surface area contributed by atoms with Gasteiger partial charge in [0.05, 0.1) is 23.5 Å². The number of piperidine rings is 1. The summed E-state index contributed by atoms with van der Waals surface area (Å²) in [6.07, 6.45) is -4.03. The van der Waals surface area contributed by atoms with Crippen LogP contribution < -0.4 is 11.2 Å². The number of thiophene rings is 1. The number of H-pyrrole nitrogens is 1. The number of fused-ring (bicyclic) bond motifs is 1. The van der Waals surface area contributed by atoms with Gasteiger partial charge in [-0.2, -0.15) is 13.2 Å². The first kappa shape index (κ1) is 24.2. The van der Waals surface area contributed by atoms with E-state index in [2.05, 4.69) is 4.98 Å². The van der Waals surface area contributed by atoms with E-state index in [0.717, 1.165) is 16.7 Å². The number of benzene rings is 1. The monoisotopic (exact) mass is 495 g/mol. The molecule has 11 heteroatoms. The first-order valence-electron chi connectivity index (χ1n) is 11.0. The second-order valence-corrected chi connectivity index (χ2v) is 9.14. The average molecular weight is 496 g/mol. The lowest BCUT2D eigenvalue weighted by Crippen LogP contribution is -2.46. The van der Waals surface area contributed by atoms with Crippen molar-refractivity contribution in [3.8, 4) is 0 Å². The molecule has 3 aromatic rings. The molecule has 0 bridgehead atoms. The van der Waals surface area contributed by atoms with Gasteiger partial charge in [-0.05, 0) is 48.9 Å². The number of hydrogen-bond acceptors (Lipinski definition) is 6. The molecule has 0 saturated carbocycles. The molecule has 7 nitrogen and oxygen atoms in total. The molecule has 2 atom stereocenters. The topological polar surface area (TPSA) is 84.4 Å². The van der Waals surface area contributed by atoms with E-state index >= 15 is 0 Å². The summed E-state index contributed by atoms with van der Waals surface area (Å²) in [6.45, 7) is 3.07. The highest BCUT2D eigenvalue weighted by Crippen LogP contribution is 2.37. The van der Waals surface area contributed by atoms with Crippen LogP contribution in [0.25, 0.3) is 10.2 Å². The fourth-order valence-corrected chi connectivity index (χ4v) is 5.25. The van der Waals surface area contributed by atoms with Crippen LogP contribution in [0.2, 0.25) is 0 Å². The van der Waals surface area contributed by atoms with E-state index in [1.807, 2.05) is 4.90 Å². The number of nitrogens with zero attached hydrogens (tertiary/aromatic N) is 2. The van der Waals surface area contributed by atoms with E-state index in [1.54, 1.807) is 24.4 Å². The first-order chi connectivity index (χ1) is 16.2. The maximum absolute atomic E-state index is 13.2. The molecule has 0 unspecified atom stereocenters. The van der Waals surface area contributed by atoms with E-state index < -0.39 is 35.2 Å². The molecular weight excluding hydrogens is 471 g/mol. The van der Waals surface area contributed by atoms with Crippen LogP contribution in [0.5, 0.6) is 0 Å². The Morgan fingerprint density at radius 2 is 2.03 bits per heavy atom. The molecule has 0 radical (unpaired) electrons. The smallest absolute Gasteiger partial charge is 0.416 e.